The van der Waals surface area contributed by atoms with Gasteiger partial charge in [0.2, 0.25) is 11.2 Å². The predicted octanol–water partition coefficient (Wildman–Crippen LogP) is 2.58. The highest BCUT2D eigenvalue weighted by Crippen LogP contribution is 2.22. The van der Waals surface area contributed by atoms with Gasteiger partial charge in [0.1, 0.15) is 12.7 Å². The van der Waals surface area contributed by atoms with E-state index in [1.54, 1.807) is 11.3 Å². The van der Waals surface area contributed by atoms with Crippen molar-refractivity contribution in [3.63, 3.8) is 0 Å². The largest absolute Gasteiger partial charge is 0.354 e. The van der Waals surface area contributed by atoms with E-state index in [0.717, 1.165) is 10.2 Å². The van der Waals surface area contributed by atoms with Crippen LogP contribution in [0.5, 0.6) is 0 Å². The van der Waals surface area contributed by atoms with Gasteiger partial charge in [0.25, 0.3) is 5.95 Å². The van der Waals surface area contributed by atoms with E-state index in [4.69, 9.17) is 11.6 Å². The highest BCUT2D eigenvalue weighted by molar-refractivity contribution is 9.11. The van der Waals surface area contributed by atoms with Crippen molar-refractivity contribution in [1.29, 1.82) is 0 Å². The maximum absolute atomic E-state index is 5.90. The van der Waals surface area contributed by atoms with Gasteiger partial charge in [0.15, 0.2) is 0 Å². The molecule has 0 bridgehead atoms. The second-order valence-corrected chi connectivity index (χ2v) is 6.84. The first kappa shape index (κ1) is 14.4. The summed E-state index contributed by atoms with van der Waals surface area (Å²) in [7, 11) is 0. The molecular formula is C11H9BrClN7S. The van der Waals surface area contributed by atoms with Gasteiger partial charge >= 0.3 is 0 Å². The highest BCUT2D eigenvalue weighted by Gasteiger charge is 2.07. The lowest BCUT2D eigenvalue weighted by molar-refractivity contribution is 0.793. The molecule has 0 atom stereocenters. The Balaban J connectivity index is 1.68. The molecular weight excluding hydrogens is 378 g/mol. The Hall–Kier alpha value is -1.58. The molecule has 7 nitrogen and oxygen atoms in total. The molecule has 3 aromatic rings. The molecule has 3 aromatic heterocycles. The number of nitrogens with zero attached hydrogens (tertiary/aromatic N) is 6. The van der Waals surface area contributed by atoms with E-state index in [0.29, 0.717) is 18.4 Å². The quantitative estimate of drug-likeness (QED) is 0.726. The van der Waals surface area contributed by atoms with Crippen LogP contribution in [0.2, 0.25) is 5.28 Å². The number of anilines is 1. The molecule has 0 aliphatic rings. The van der Waals surface area contributed by atoms with Gasteiger partial charge < -0.3 is 5.32 Å². The van der Waals surface area contributed by atoms with Crippen LogP contribution in [0, 0.1) is 0 Å². The van der Waals surface area contributed by atoms with Crippen LogP contribution in [0.1, 0.15) is 4.88 Å². The number of nitrogens with one attached hydrogen (secondary N) is 1. The van der Waals surface area contributed by atoms with Crippen molar-refractivity contribution in [2.24, 2.45) is 0 Å². The van der Waals surface area contributed by atoms with Crippen LogP contribution in [0.4, 0.5) is 5.95 Å². The van der Waals surface area contributed by atoms with Gasteiger partial charge in [-0.3, -0.25) is 0 Å². The lowest BCUT2D eigenvalue weighted by Gasteiger charge is -2.05. The fourth-order valence-corrected chi connectivity index (χ4v) is 3.25. The van der Waals surface area contributed by atoms with Crippen LogP contribution < -0.4 is 5.32 Å². The molecule has 1 N–H and O–H groups in total. The van der Waals surface area contributed by atoms with E-state index in [-0.39, 0.29) is 5.28 Å². The summed E-state index contributed by atoms with van der Waals surface area (Å²) in [6, 6.07) is 4.11. The van der Waals surface area contributed by atoms with Crippen LogP contribution >= 0.6 is 38.9 Å². The van der Waals surface area contributed by atoms with Gasteiger partial charge in [-0.25, -0.2) is 4.98 Å². The van der Waals surface area contributed by atoms with Gasteiger partial charge in [-0.1, -0.05) is 0 Å². The minimum Gasteiger partial charge on any atom is -0.354 e. The summed E-state index contributed by atoms with van der Waals surface area (Å²) >= 11 is 11.0. The average Bonchev–Trinajstić information content (AvgIpc) is 3.10. The fourth-order valence-electron chi connectivity index (χ4n) is 1.62. The smallest absolute Gasteiger partial charge is 0.258 e. The summed E-state index contributed by atoms with van der Waals surface area (Å²) in [5.41, 5.74) is 0. The van der Waals surface area contributed by atoms with Crippen LogP contribution in [0.25, 0.3) is 5.95 Å². The summed E-state index contributed by atoms with van der Waals surface area (Å²) in [4.78, 5) is 17.4. The Morgan fingerprint density at radius 2 is 2.19 bits per heavy atom. The number of aromatic nitrogens is 6. The molecule has 0 spiro atoms. The first-order valence-electron chi connectivity index (χ1n) is 5.95. The van der Waals surface area contributed by atoms with E-state index >= 15 is 0 Å². The van der Waals surface area contributed by atoms with Crippen LogP contribution in [0.15, 0.2) is 28.6 Å². The van der Waals surface area contributed by atoms with Crippen molar-refractivity contribution in [2.45, 2.75) is 6.42 Å². The molecule has 3 heterocycles. The summed E-state index contributed by atoms with van der Waals surface area (Å²) in [6.07, 6.45) is 3.77. The predicted molar refractivity (Wildman–Crippen MR) is 84.0 cm³/mol. The Kier molecular flexibility index (Phi) is 4.42. The zero-order chi connectivity index (χ0) is 14.7. The molecule has 0 aliphatic carbocycles. The Labute approximate surface area is 137 Å². The molecule has 0 fully saturated rings. The van der Waals surface area contributed by atoms with Crippen LogP contribution in [-0.4, -0.2) is 36.3 Å². The lowest BCUT2D eigenvalue weighted by Crippen LogP contribution is -2.11. The van der Waals surface area contributed by atoms with Crippen LogP contribution in [0.3, 0.4) is 0 Å². The van der Waals surface area contributed by atoms with Gasteiger partial charge in [0.05, 0.1) is 3.79 Å². The van der Waals surface area contributed by atoms with E-state index in [1.165, 1.54) is 22.2 Å². The molecule has 3 rings (SSSR count). The van der Waals surface area contributed by atoms with Crippen molar-refractivity contribution in [3.8, 4) is 5.95 Å². The average molecular weight is 387 g/mol. The minimum absolute atomic E-state index is 0.108. The first-order chi connectivity index (χ1) is 10.2. The summed E-state index contributed by atoms with van der Waals surface area (Å²) in [6.45, 7) is 0.699. The van der Waals surface area contributed by atoms with Gasteiger partial charge in [0, 0.05) is 11.4 Å². The van der Waals surface area contributed by atoms with Crippen molar-refractivity contribution in [2.75, 3.05) is 11.9 Å². The molecule has 0 aliphatic heterocycles. The van der Waals surface area contributed by atoms with Crippen LogP contribution in [-0.2, 0) is 6.42 Å². The van der Waals surface area contributed by atoms with Crippen molar-refractivity contribution >= 4 is 44.8 Å². The fraction of sp³-hybridized carbons (Fsp3) is 0.182. The van der Waals surface area contributed by atoms with E-state index in [9.17, 15) is 0 Å². The monoisotopic (exact) mass is 385 g/mol. The molecule has 0 saturated carbocycles. The lowest BCUT2D eigenvalue weighted by atomic mass is 10.3. The SMILES string of the molecule is Clc1nc(NCCc2ccc(Br)s2)nc(-n2cncn2)n1. The standard InChI is InChI=1S/C11H9BrClN7S/c12-8-2-1-7(21-8)3-4-15-10-17-9(13)18-11(19-10)20-6-14-5-16-20/h1-2,5-6H,3-4H2,(H,15,17,18,19). The van der Waals surface area contributed by atoms with Gasteiger partial charge in [-0.15, -0.1) is 11.3 Å². The molecule has 0 unspecified atom stereocenters. The third kappa shape index (κ3) is 3.74. The molecule has 0 aromatic carbocycles. The topological polar surface area (TPSA) is 81.4 Å². The van der Waals surface area contributed by atoms with Crippen molar-refractivity contribution in [1.82, 2.24) is 29.7 Å². The summed E-state index contributed by atoms with van der Waals surface area (Å²) in [5.74, 6) is 0.741. The summed E-state index contributed by atoms with van der Waals surface area (Å²) in [5, 5.41) is 7.20. The number of halogens is 2. The molecule has 0 amide bonds. The third-order valence-electron chi connectivity index (χ3n) is 2.50. The number of thiophene rings is 1. The molecule has 21 heavy (non-hydrogen) atoms. The Morgan fingerprint density at radius 3 is 2.90 bits per heavy atom. The minimum atomic E-state index is 0.108. The summed E-state index contributed by atoms with van der Waals surface area (Å²) < 4.78 is 2.55. The normalized spacial score (nSPS) is 10.8. The van der Waals surface area contributed by atoms with E-state index in [1.807, 2.05) is 6.07 Å². The maximum atomic E-state index is 5.90. The number of hydrogen-bond donors (Lipinski definition) is 1. The zero-order valence-corrected chi connectivity index (χ0v) is 13.7. The third-order valence-corrected chi connectivity index (χ3v) is 4.36. The van der Waals surface area contributed by atoms with Crippen molar-refractivity contribution < 1.29 is 0 Å². The number of hydrogen-bond acceptors (Lipinski definition) is 7. The number of rotatable bonds is 5. The van der Waals surface area contributed by atoms with Crippen molar-refractivity contribution in [3.05, 3.63) is 38.7 Å². The Morgan fingerprint density at radius 1 is 1.29 bits per heavy atom. The zero-order valence-electron chi connectivity index (χ0n) is 10.6. The molecule has 0 saturated heterocycles. The molecule has 10 heteroatoms. The molecule has 0 radical (unpaired) electrons. The van der Waals surface area contributed by atoms with Gasteiger partial charge in [-0.05, 0) is 46.1 Å². The highest BCUT2D eigenvalue weighted by atomic mass is 79.9. The first-order valence-corrected chi connectivity index (χ1v) is 7.94. The van der Waals surface area contributed by atoms with E-state index in [2.05, 4.69) is 52.3 Å². The molecule has 108 valence electrons. The Bertz CT molecular complexity index is 730. The second kappa shape index (κ2) is 6.46. The second-order valence-electron chi connectivity index (χ2n) is 3.95. The van der Waals surface area contributed by atoms with E-state index < -0.39 is 0 Å². The van der Waals surface area contributed by atoms with Gasteiger partial charge in [-0.2, -0.15) is 24.7 Å². The maximum Gasteiger partial charge on any atom is 0.258 e.